The molecule has 2 aliphatic heterocycles. The zero-order valence-electron chi connectivity index (χ0n) is 16.7. The van der Waals surface area contributed by atoms with E-state index in [0.29, 0.717) is 5.56 Å². The van der Waals surface area contributed by atoms with Crippen LogP contribution >= 0.6 is 0 Å². The second-order valence-electron chi connectivity index (χ2n) is 7.80. The first-order chi connectivity index (χ1) is 14.6. The molecule has 5 heteroatoms. The van der Waals surface area contributed by atoms with Crippen molar-refractivity contribution in [2.75, 3.05) is 12.3 Å². The first-order valence-electron chi connectivity index (χ1n) is 10.1. The Kier molecular flexibility index (Phi) is 4.60. The van der Waals surface area contributed by atoms with Crippen molar-refractivity contribution in [1.82, 2.24) is 15.2 Å². The van der Waals surface area contributed by atoms with Gasteiger partial charge in [0.25, 0.3) is 0 Å². The third-order valence-corrected chi connectivity index (χ3v) is 5.78. The van der Waals surface area contributed by atoms with Gasteiger partial charge >= 0.3 is 0 Å². The number of aromatic nitrogens is 1. The van der Waals surface area contributed by atoms with Crippen LogP contribution in [0, 0.1) is 12.7 Å². The molecule has 2 aromatic carbocycles. The summed E-state index contributed by atoms with van der Waals surface area (Å²) in [6, 6.07) is 17.4. The van der Waals surface area contributed by atoms with Crippen molar-refractivity contribution in [1.29, 1.82) is 0 Å². The second-order valence-corrected chi connectivity index (χ2v) is 7.80. The minimum atomic E-state index is -0.201. The maximum atomic E-state index is 13.8. The molecule has 4 nitrogen and oxygen atoms in total. The van der Waals surface area contributed by atoms with Crippen LogP contribution in [0.15, 0.2) is 79.1 Å². The van der Waals surface area contributed by atoms with Gasteiger partial charge in [-0.3, -0.25) is 10.3 Å². The summed E-state index contributed by atoms with van der Waals surface area (Å²) < 4.78 is 13.8. The van der Waals surface area contributed by atoms with Crippen molar-refractivity contribution < 1.29 is 4.39 Å². The molecule has 150 valence electrons. The van der Waals surface area contributed by atoms with Gasteiger partial charge < -0.3 is 10.6 Å². The predicted molar refractivity (Wildman–Crippen MR) is 119 cm³/mol. The number of aryl methyl sites for hydroxylation is 1. The normalized spacial score (nSPS) is 20.2. The Balaban J connectivity index is 1.47. The summed E-state index contributed by atoms with van der Waals surface area (Å²) in [5.41, 5.74) is 12.5. The Hall–Kier alpha value is -3.44. The van der Waals surface area contributed by atoms with Gasteiger partial charge in [0.2, 0.25) is 0 Å². The van der Waals surface area contributed by atoms with E-state index in [1.54, 1.807) is 19.2 Å². The molecule has 2 unspecified atom stereocenters. The third kappa shape index (κ3) is 3.27. The van der Waals surface area contributed by atoms with E-state index in [4.69, 9.17) is 5.73 Å². The molecule has 0 aliphatic carbocycles. The topological polar surface area (TPSA) is 54.2 Å². The maximum absolute atomic E-state index is 13.8. The molecule has 2 atom stereocenters. The number of pyridine rings is 1. The molecular formula is C25H23FN4. The Labute approximate surface area is 175 Å². The number of hydrogen-bond acceptors (Lipinski definition) is 4. The van der Waals surface area contributed by atoms with E-state index in [0.717, 1.165) is 40.2 Å². The quantitative estimate of drug-likeness (QED) is 0.630. The van der Waals surface area contributed by atoms with Crippen LogP contribution in [0.2, 0.25) is 0 Å². The van der Waals surface area contributed by atoms with Crippen molar-refractivity contribution in [2.45, 2.75) is 19.1 Å². The number of halogens is 1. The van der Waals surface area contributed by atoms with Crippen LogP contribution in [0.1, 0.15) is 22.9 Å². The number of nitrogens with one attached hydrogen (secondary N) is 1. The van der Waals surface area contributed by atoms with Crippen LogP contribution < -0.4 is 11.1 Å². The SMILES string of the molecule is Cc1cc(-c2ncccc2C2=CC3CNC(c4cccc(N)c4)N3C=C2)ccc1F. The van der Waals surface area contributed by atoms with Crippen LogP contribution in [0.5, 0.6) is 0 Å². The van der Waals surface area contributed by atoms with E-state index in [1.807, 2.05) is 30.3 Å². The third-order valence-electron chi connectivity index (χ3n) is 5.78. The zero-order chi connectivity index (χ0) is 20.7. The average molecular weight is 398 g/mol. The number of nitrogens with two attached hydrogens (primary N) is 1. The highest BCUT2D eigenvalue weighted by atomic mass is 19.1. The fourth-order valence-corrected chi connectivity index (χ4v) is 4.26. The Bertz CT molecular complexity index is 1170. The molecule has 3 aromatic rings. The van der Waals surface area contributed by atoms with Crippen LogP contribution in [-0.2, 0) is 0 Å². The number of anilines is 1. The standard InChI is InChI=1S/C25H23FN4/c1-16-12-18(7-8-23(16)26)24-22(6-3-10-28-24)17-9-11-30-21(14-17)15-29-25(30)19-4-2-5-20(27)13-19/h2-14,21,25,29H,15,27H2,1H3. The van der Waals surface area contributed by atoms with Crippen molar-refractivity contribution in [3.63, 3.8) is 0 Å². The van der Waals surface area contributed by atoms with Gasteiger partial charge in [-0.25, -0.2) is 4.39 Å². The summed E-state index contributed by atoms with van der Waals surface area (Å²) in [5, 5.41) is 3.59. The predicted octanol–water partition coefficient (Wildman–Crippen LogP) is 4.66. The number of fused-ring (bicyclic) bond motifs is 1. The lowest BCUT2D eigenvalue weighted by molar-refractivity contribution is 0.301. The van der Waals surface area contributed by atoms with Gasteiger partial charge in [-0.2, -0.15) is 0 Å². The molecule has 2 aliphatic rings. The zero-order valence-corrected chi connectivity index (χ0v) is 16.7. The molecule has 30 heavy (non-hydrogen) atoms. The summed E-state index contributed by atoms with van der Waals surface area (Å²) in [6.07, 6.45) is 8.42. The largest absolute Gasteiger partial charge is 0.399 e. The van der Waals surface area contributed by atoms with Gasteiger partial charge in [-0.05, 0) is 66.1 Å². The Morgan fingerprint density at radius 2 is 2.03 bits per heavy atom. The van der Waals surface area contributed by atoms with Gasteiger partial charge in [0.15, 0.2) is 0 Å². The van der Waals surface area contributed by atoms with E-state index in [9.17, 15) is 4.39 Å². The monoisotopic (exact) mass is 398 g/mol. The van der Waals surface area contributed by atoms with Crippen molar-refractivity contribution in [3.05, 3.63) is 102 Å². The van der Waals surface area contributed by atoms with Crippen LogP contribution in [0.4, 0.5) is 10.1 Å². The van der Waals surface area contributed by atoms with E-state index in [1.165, 1.54) is 6.07 Å². The molecule has 0 radical (unpaired) electrons. The number of hydrogen-bond donors (Lipinski definition) is 2. The molecule has 1 saturated heterocycles. The molecule has 3 N–H and O–H groups in total. The Morgan fingerprint density at radius 1 is 1.13 bits per heavy atom. The van der Waals surface area contributed by atoms with Crippen molar-refractivity contribution in [3.8, 4) is 11.3 Å². The Morgan fingerprint density at radius 3 is 2.87 bits per heavy atom. The first-order valence-corrected chi connectivity index (χ1v) is 10.1. The summed E-state index contributed by atoms with van der Waals surface area (Å²) in [7, 11) is 0. The van der Waals surface area contributed by atoms with Crippen molar-refractivity contribution >= 4 is 11.3 Å². The molecule has 1 aromatic heterocycles. The number of nitrogen functional groups attached to an aromatic ring is 1. The lowest BCUT2D eigenvalue weighted by Crippen LogP contribution is -2.29. The molecule has 5 rings (SSSR count). The maximum Gasteiger partial charge on any atom is 0.126 e. The summed E-state index contributed by atoms with van der Waals surface area (Å²) in [5.74, 6) is -0.201. The molecule has 1 fully saturated rings. The summed E-state index contributed by atoms with van der Waals surface area (Å²) in [4.78, 5) is 6.93. The van der Waals surface area contributed by atoms with Gasteiger partial charge in [0.1, 0.15) is 12.0 Å². The van der Waals surface area contributed by atoms with Crippen LogP contribution in [0.25, 0.3) is 16.8 Å². The highest BCUT2D eigenvalue weighted by Gasteiger charge is 2.32. The van der Waals surface area contributed by atoms with Gasteiger partial charge in [0.05, 0.1) is 11.7 Å². The van der Waals surface area contributed by atoms with Gasteiger partial charge in [-0.15, -0.1) is 0 Å². The van der Waals surface area contributed by atoms with E-state index in [2.05, 4.69) is 45.7 Å². The van der Waals surface area contributed by atoms with Gasteiger partial charge in [0, 0.05) is 35.8 Å². The number of nitrogens with zero attached hydrogens (tertiary/aromatic N) is 2. The van der Waals surface area contributed by atoms with Crippen LogP contribution in [0.3, 0.4) is 0 Å². The van der Waals surface area contributed by atoms with E-state index < -0.39 is 0 Å². The minimum absolute atomic E-state index is 0.0978. The van der Waals surface area contributed by atoms with E-state index >= 15 is 0 Å². The average Bonchev–Trinajstić information content (AvgIpc) is 3.19. The highest BCUT2D eigenvalue weighted by molar-refractivity contribution is 5.84. The lowest BCUT2D eigenvalue weighted by atomic mass is 9.95. The molecule has 0 bridgehead atoms. The minimum Gasteiger partial charge on any atom is -0.399 e. The number of allylic oxidation sites excluding steroid dienone is 2. The fourth-order valence-electron chi connectivity index (χ4n) is 4.26. The molecule has 0 saturated carbocycles. The molecule has 0 amide bonds. The molecular weight excluding hydrogens is 375 g/mol. The second kappa shape index (κ2) is 7.43. The lowest BCUT2D eigenvalue weighted by Gasteiger charge is -2.30. The molecule has 3 heterocycles. The highest BCUT2D eigenvalue weighted by Crippen LogP contribution is 2.35. The van der Waals surface area contributed by atoms with E-state index in [-0.39, 0.29) is 18.0 Å². The molecule has 0 spiro atoms. The smallest absolute Gasteiger partial charge is 0.126 e. The summed E-state index contributed by atoms with van der Waals surface area (Å²) in [6.45, 7) is 2.62. The number of benzene rings is 2. The summed E-state index contributed by atoms with van der Waals surface area (Å²) >= 11 is 0. The fraction of sp³-hybridized carbons (Fsp3) is 0.160. The van der Waals surface area contributed by atoms with Crippen molar-refractivity contribution in [2.24, 2.45) is 0 Å². The first kappa shape index (κ1) is 18.6. The number of rotatable bonds is 3. The van der Waals surface area contributed by atoms with Crippen LogP contribution in [-0.4, -0.2) is 22.5 Å². The van der Waals surface area contributed by atoms with Gasteiger partial charge in [-0.1, -0.05) is 24.3 Å².